The van der Waals surface area contributed by atoms with Gasteiger partial charge >= 0.3 is 0 Å². The minimum Gasteiger partial charge on any atom is -0.298 e. The topological polar surface area (TPSA) is 6.48 Å². The molecule has 0 amide bonds. The minimum atomic E-state index is -0.505. The van der Waals surface area contributed by atoms with Crippen molar-refractivity contribution in [3.05, 3.63) is 35.4 Å². The summed E-state index contributed by atoms with van der Waals surface area (Å²) >= 11 is 0. The van der Waals surface area contributed by atoms with E-state index in [-0.39, 0.29) is 0 Å². The molecule has 0 N–H and O–H groups in total. The molecule has 2 nitrogen and oxygen atoms in total. The fraction of sp³-hybridized carbons (Fsp3) is 0.600. The number of halogens is 2. The van der Waals surface area contributed by atoms with Crippen LogP contribution in [0.25, 0.3) is 0 Å². The van der Waals surface area contributed by atoms with Crippen molar-refractivity contribution in [3.8, 4) is 0 Å². The Balaban J connectivity index is 1.71. The van der Waals surface area contributed by atoms with Crippen molar-refractivity contribution >= 4 is 0 Å². The van der Waals surface area contributed by atoms with E-state index in [1.54, 1.807) is 6.07 Å². The van der Waals surface area contributed by atoms with Crippen LogP contribution >= 0.6 is 0 Å². The molecule has 1 aromatic carbocycles. The summed E-state index contributed by atoms with van der Waals surface area (Å²) in [6.07, 6.45) is 2.52. The molecule has 0 bridgehead atoms. The first kappa shape index (κ1) is 13.0. The zero-order valence-electron chi connectivity index (χ0n) is 11.3. The van der Waals surface area contributed by atoms with Crippen molar-refractivity contribution in [2.45, 2.75) is 38.4 Å². The lowest BCUT2D eigenvalue weighted by atomic mass is 10.1. The summed E-state index contributed by atoms with van der Waals surface area (Å²) in [5.74, 6) is -0.934. The fourth-order valence-corrected chi connectivity index (χ4v) is 3.34. The van der Waals surface area contributed by atoms with Crippen molar-refractivity contribution in [1.29, 1.82) is 0 Å². The molecule has 2 unspecified atom stereocenters. The molecule has 3 rings (SSSR count). The molecular weight excluding hydrogens is 246 g/mol. The maximum atomic E-state index is 13.7. The Bertz CT molecular complexity index is 463. The van der Waals surface area contributed by atoms with Gasteiger partial charge in [-0.3, -0.25) is 9.80 Å². The Morgan fingerprint density at radius 3 is 2.89 bits per heavy atom. The molecule has 0 aliphatic carbocycles. The summed E-state index contributed by atoms with van der Waals surface area (Å²) in [7, 11) is 0. The number of rotatable bonds is 2. The number of hydrogen-bond donors (Lipinski definition) is 0. The second-order valence-corrected chi connectivity index (χ2v) is 5.81. The summed E-state index contributed by atoms with van der Waals surface area (Å²) in [6, 6.07) is 4.94. The number of fused-ring (bicyclic) bond motifs is 1. The van der Waals surface area contributed by atoms with Crippen molar-refractivity contribution in [3.63, 3.8) is 0 Å². The average molecular weight is 266 g/mol. The van der Waals surface area contributed by atoms with Gasteiger partial charge in [0.2, 0.25) is 0 Å². The van der Waals surface area contributed by atoms with E-state index in [9.17, 15) is 8.78 Å². The number of piperazine rings is 1. The standard InChI is InChI=1S/C15H20F2N2/c1-11-8-18-6-2-3-14(18)10-19(11)9-12-4-5-13(16)7-15(12)17/h4-5,7,11,14H,2-3,6,8-10H2,1H3. The Morgan fingerprint density at radius 2 is 2.11 bits per heavy atom. The molecule has 0 saturated carbocycles. The largest absolute Gasteiger partial charge is 0.298 e. The van der Waals surface area contributed by atoms with E-state index in [1.807, 2.05) is 0 Å². The van der Waals surface area contributed by atoms with Crippen molar-refractivity contribution < 1.29 is 8.78 Å². The quantitative estimate of drug-likeness (QED) is 0.812. The smallest absolute Gasteiger partial charge is 0.130 e. The zero-order valence-corrected chi connectivity index (χ0v) is 11.3. The third kappa shape index (κ3) is 2.65. The van der Waals surface area contributed by atoms with Crippen LogP contribution in [-0.2, 0) is 6.54 Å². The van der Waals surface area contributed by atoms with Gasteiger partial charge in [0.1, 0.15) is 11.6 Å². The van der Waals surface area contributed by atoms with Gasteiger partial charge in [0.25, 0.3) is 0 Å². The van der Waals surface area contributed by atoms with Gasteiger partial charge in [-0.15, -0.1) is 0 Å². The van der Waals surface area contributed by atoms with Gasteiger partial charge < -0.3 is 0 Å². The Kier molecular flexibility index (Phi) is 3.54. The van der Waals surface area contributed by atoms with Gasteiger partial charge in [0.05, 0.1) is 0 Å². The monoisotopic (exact) mass is 266 g/mol. The van der Waals surface area contributed by atoms with Gasteiger partial charge in [-0.1, -0.05) is 6.07 Å². The Hall–Kier alpha value is -1.00. The predicted molar refractivity (Wildman–Crippen MR) is 70.8 cm³/mol. The lowest BCUT2D eigenvalue weighted by Gasteiger charge is -2.42. The second kappa shape index (κ2) is 5.17. The minimum absolute atomic E-state index is 0.429. The number of benzene rings is 1. The first-order chi connectivity index (χ1) is 9.13. The molecule has 0 radical (unpaired) electrons. The molecule has 2 aliphatic heterocycles. The molecule has 104 valence electrons. The molecule has 2 fully saturated rings. The molecular formula is C15H20F2N2. The first-order valence-corrected chi connectivity index (χ1v) is 7.05. The van der Waals surface area contributed by atoms with E-state index in [0.717, 1.165) is 19.2 Å². The molecule has 2 atom stereocenters. The van der Waals surface area contributed by atoms with Crippen LogP contribution in [0.4, 0.5) is 8.78 Å². The average Bonchev–Trinajstić information content (AvgIpc) is 2.80. The van der Waals surface area contributed by atoms with Gasteiger partial charge in [-0.2, -0.15) is 0 Å². The van der Waals surface area contributed by atoms with Crippen molar-refractivity contribution in [1.82, 2.24) is 9.80 Å². The van der Waals surface area contributed by atoms with E-state index < -0.39 is 11.6 Å². The summed E-state index contributed by atoms with van der Waals surface area (Å²) in [5.41, 5.74) is 0.597. The van der Waals surface area contributed by atoms with E-state index in [0.29, 0.717) is 24.2 Å². The van der Waals surface area contributed by atoms with Crippen LogP contribution < -0.4 is 0 Å². The van der Waals surface area contributed by atoms with Crippen LogP contribution in [0.15, 0.2) is 18.2 Å². The Morgan fingerprint density at radius 1 is 1.26 bits per heavy atom. The normalized spacial score (nSPS) is 28.6. The van der Waals surface area contributed by atoms with Gasteiger partial charge in [0, 0.05) is 43.3 Å². The van der Waals surface area contributed by atoms with E-state index in [2.05, 4.69) is 16.7 Å². The third-order valence-corrected chi connectivity index (χ3v) is 4.45. The first-order valence-electron chi connectivity index (χ1n) is 7.05. The highest BCUT2D eigenvalue weighted by Gasteiger charge is 2.34. The van der Waals surface area contributed by atoms with Gasteiger partial charge in [0.15, 0.2) is 0 Å². The number of nitrogens with zero attached hydrogens (tertiary/aromatic N) is 2. The van der Waals surface area contributed by atoms with Crippen molar-refractivity contribution in [2.75, 3.05) is 19.6 Å². The lowest BCUT2D eigenvalue weighted by Crippen LogP contribution is -2.54. The van der Waals surface area contributed by atoms with Gasteiger partial charge in [-0.05, 0) is 32.4 Å². The van der Waals surface area contributed by atoms with Gasteiger partial charge in [-0.25, -0.2) is 8.78 Å². The number of hydrogen-bond acceptors (Lipinski definition) is 2. The molecule has 2 aliphatic rings. The molecule has 4 heteroatoms. The van der Waals surface area contributed by atoms with Crippen LogP contribution in [0.3, 0.4) is 0 Å². The zero-order chi connectivity index (χ0) is 13.4. The predicted octanol–water partition coefficient (Wildman–Crippen LogP) is 2.63. The molecule has 19 heavy (non-hydrogen) atoms. The van der Waals surface area contributed by atoms with Crippen LogP contribution in [0.5, 0.6) is 0 Å². The van der Waals surface area contributed by atoms with Crippen LogP contribution in [0, 0.1) is 11.6 Å². The molecule has 2 saturated heterocycles. The second-order valence-electron chi connectivity index (χ2n) is 5.81. The summed E-state index contributed by atoms with van der Waals surface area (Å²) in [4.78, 5) is 4.87. The third-order valence-electron chi connectivity index (χ3n) is 4.45. The fourth-order valence-electron chi connectivity index (χ4n) is 3.34. The van der Waals surface area contributed by atoms with Crippen LogP contribution in [0.2, 0.25) is 0 Å². The maximum absolute atomic E-state index is 13.7. The van der Waals surface area contributed by atoms with Crippen LogP contribution in [-0.4, -0.2) is 41.5 Å². The Labute approximate surface area is 113 Å². The molecule has 0 spiro atoms. The summed E-state index contributed by atoms with van der Waals surface area (Å²) < 4.78 is 26.6. The highest BCUT2D eigenvalue weighted by atomic mass is 19.1. The van der Waals surface area contributed by atoms with Crippen molar-refractivity contribution in [2.24, 2.45) is 0 Å². The molecule has 0 aromatic heterocycles. The molecule has 2 heterocycles. The highest BCUT2D eigenvalue weighted by Crippen LogP contribution is 2.26. The maximum Gasteiger partial charge on any atom is 0.130 e. The van der Waals surface area contributed by atoms with E-state index in [1.165, 1.54) is 25.5 Å². The van der Waals surface area contributed by atoms with E-state index >= 15 is 0 Å². The SMILES string of the molecule is CC1CN2CCCC2CN1Cc1ccc(F)cc1F. The van der Waals surface area contributed by atoms with Crippen LogP contribution in [0.1, 0.15) is 25.3 Å². The summed E-state index contributed by atoms with van der Waals surface area (Å²) in [6.45, 7) is 6.03. The highest BCUT2D eigenvalue weighted by molar-refractivity contribution is 5.18. The molecule has 1 aromatic rings. The summed E-state index contributed by atoms with van der Waals surface area (Å²) in [5, 5.41) is 0. The van der Waals surface area contributed by atoms with E-state index in [4.69, 9.17) is 0 Å². The lowest BCUT2D eigenvalue weighted by molar-refractivity contribution is 0.0533.